The van der Waals surface area contributed by atoms with Gasteiger partial charge >= 0.3 is 6.03 Å². The highest BCUT2D eigenvalue weighted by Crippen LogP contribution is 2.28. The number of benzene rings is 2. The van der Waals surface area contributed by atoms with Gasteiger partial charge in [-0.05, 0) is 30.3 Å². The molecule has 8 heteroatoms. The smallest absolute Gasteiger partial charge is 0.321 e. The summed E-state index contributed by atoms with van der Waals surface area (Å²) >= 11 is 0. The third-order valence-corrected chi connectivity index (χ3v) is 4.33. The molecule has 1 heterocycles. The van der Waals surface area contributed by atoms with Gasteiger partial charge in [0.15, 0.2) is 0 Å². The van der Waals surface area contributed by atoms with Crippen LogP contribution in [0.2, 0.25) is 0 Å². The molecule has 0 spiro atoms. The Balaban J connectivity index is 1.59. The van der Waals surface area contributed by atoms with Gasteiger partial charge in [-0.25, -0.2) is 4.79 Å². The molecule has 2 amide bonds. The van der Waals surface area contributed by atoms with Gasteiger partial charge in [0, 0.05) is 37.9 Å². The second-order valence-corrected chi connectivity index (χ2v) is 5.88. The SMILES string of the molecule is COc1ccc(NC(=O)N2CCN(c3ccccc3[N+](=O)[O-])CC2)cc1. The highest BCUT2D eigenvalue weighted by molar-refractivity contribution is 5.89. The molecule has 0 aromatic heterocycles. The Morgan fingerprint density at radius 1 is 1.08 bits per heavy atom. The molecule has 0 bridgehead atoms. The summed E-state index contributed by atoms with van der Waals surface area (Å²) in [5.41, 5.74) is 1.37. The van der Waals surface area contributed by atoms with Crippen molar-refractivity contribution in [2.24, 2.45) is 0 Å². The maximum atomic E-state index is 12.4. The molecule has 26 heavy (non-hydrogen) atoms. The van der Waals surface area contributed by atoms with Crippen molar-refractivity contribution in [2.75, 3.05) is 43.5 Å². The van der Waals surface area contributed by atoms with E-state index in [1.165, 1.54) is 6.07 Å². The summed E-state index contributed by atoms with van der Waals surface area (Å²) in [5.74, 6) is 0.723. The van der Waals surface area contributed by atoms with Gasteiger partial charge in [-0.2, -0.15) is 0 Å². The number of nitrogens with zero attached hydrogens (tertiary/aromatic N) is 3. The number of para-hydroxylation sites is 2. The van der Waals surface area contributed by atoms with Crippen molar-refractivity contribution in [1.82, 2.24) is 4.90 Å². The largest absolute Gasteiger partial charge is 0.497 e. The lowest BCUT2D eigenvalue weighted by Crippen LogP contribution is -2.50. The first-order valence-corrected chi connectivity index (χ1v) is 8.27. The molecule has 2 aromatic carbocycles. The summed E-state index contributed by atoms with van der Waals surface area (Å²) in [6, 6.07) is 13.6. The van der Waals surface area contributed by atoms with E-state index in [9.17, 15) is 14.9 Å². The molecule has 0 atom stereocenters. The molecule has 1 aliphatic rings. The fourth-order valence-electron chi connectivity index (χ4n) is 2.91. The van der Waals surface area contributed by atoms with Crippen LogP contribution in [0.25, 0.3) is 0 Å². The number of methoxy groups -OCH3 is 1. The lowest BCUT2D eigenvalue weighted by atomic mass is 10.2. The topological polar surface area (TPSA) is 88.0 Å². The summed E-state index contributed by atoms with van der Waals surface area (Å²) in [6.45, 7) is 2.07. The first-order valence-electron chi connectivity index (χ1n) is 8.27. The molecule has 0 aliphatic carbocycles. The Morgan fingerprint density at radius 2 is 1.73 bits per heavy atom. The number of hydrogen-bond donors (Lipinski definition) is 1. The van der Waals surface area contributed by atoms with Crippen molar-refractivity contribution in [3.8, 4) is 5.75 Å². The van der Waals surface area contributed by atoms with Gasteiger partial charge in [0.1, 0.15) is 11.4 Å². The zero-order chi connectivity index (χ0) is 18.5. The number of piperazine rings is 1. The number of urea groups is 1. The van der Waals surface area contributed by atoms with Crippen molar-refractivity contribution >= 4 is 23.1 Å². The fourth-order valence-corrected chi connectivity index (χ4v) is 2.91. The van der Waals surface area contributed by atoms with Gasteiger partial charge in [-0.15, -0.1) is 0 Å². The fraction of sp³-hybridized carbons (Fsp3) is 0.278. The van der Waals surface area contributed by atoms with Crippen LogP contribution in [0.4, 0.5) is 21.9 Å². The summed E-state index contributed by atoms with van der Waals surface area (Å²) in [6.07, 6.45) is 0. The van der Waals surface area contributed by atoms with E-state index >= 15 is 0 Å². The summed E-state index contributed by atoms with van der Waals surface area (Å²) < 4.78 is 5.09. The number of nitro benzene ring substituents is 1. The van der Waals surface area contributed by atoms with E-state index in [0.29, 0.717) is 37.6 Å². The Morgan fingerprint density at radius 3 is 2.35 bits per heavy atom. The van der Waals surface area contributed by atoms with E-state index in [4.69, 9.17) is 4.74 Å². The van der Waals surface area contributed by atoms with Gasteiger partial charge in [0.25, 0.3) is 5.69 Å². The lowest BCUT2D eigenvalue weighted by Gasteiger charge is -2.35. The molecule has 1 N–H and O–H groups in total. The number of rotatable bonds is 4. The third kappa shape index (κ3) is 3.85. The van der Waals surface area contributed by atoms with Crippen LogP contribution in [-0.4, -0.2) is 49.1 Å². The number of carbonyl (C=O) groups excluding carboxylic acids is 1. The first kappa shape index (κ1) is 17.5. The molecule has 1 aliphatic heterocycles. The Bertz CT molecular complexity index is 786. The summed E-state index contributed by atoms with van der Waals surface area (Å²) in [4.78, 5) is 26.8. The van der Waals surface area contributed by atoms with Crippen LogP contribution in [0.5, 0.6) is 5.75 Å². The number of amides is 2. The molecule has 1 saturated heterocycles. The molecule has 0 radical (unpaired) electrons. The molecule has 3 rings (SSSR count). The molecule has 0 unspecified atom stereocenters. The number of nitrogens with one attached hydrogen (secondary N) is 1. The standard InChI is InChI=1S/C18H20N4O4/c1-26-15-8-6-14(7-9-15)19-18(23)21-12-10-20(11-13-21)16-4-2-3-5-17(16)22(24)25/h2-9H,10-13H2,1H3,(H,19,23). The normalized spacial score (nSPS) is 14.0. The van der Waals surface area contributed by atoms with Gasteiger partial charge in [0.05, 0.1) is 12.0 Å². The van der Waals surface area contributed by atoms with Gasteiger partial charge in [-0.1, -0.05) is 12.1 Å². The number of hydrogen-bond acceptors (Lipinski definition) is 5. The molecular weight excluding hydrogens is 336 g/mol. The zero-order valence-electron chi connectivity index (χ0n) is 14.4. The van der Waals surface area contributed by atoms with Crippen LogP contribution in [0, 0.1) is 10.1 Å². The van der Waals surface area contributed by atoms with Crippen molar-refractivity contribution in [2.45, 2.75) is 0 Å². The van der Waals surface area contributed by atoms with Crippen molar-refractivity contribution in [3.63, 3.8) is 0 Å². The summed E-state index contributed by atoms with van der Waals surface area (Å²) in [7, 11) is 1.59. The van der Waals surface area contributed by atoms with Crippen LogP contribution in [0.15, 0.2) is 48.5 Å². The van der Waals surface area contributed by atoms with E-state index in [1.807, 2.05) is 4.90 Å². The van der Waals surface area contributed by atoms with E-state index in [-0.39, 0.29) is 16.6 Å². The van der Waals surface area contributed by atoms with Crippen LogP contribution >= 0.6 is 0 Å². The molecule has 1 fully saturated rings. The Kier molecular flexibility index (Phi) is 5.21. The van der Waals surface area contributed by atoms with Crippen molar-refractivity contribution < 1.29 is 14.5 Å². The van der Waals surface area contributed by atoms with Crippen LogP contribution < -0.4 is 15.0 Å². The quantitative estimate of drug-likeness (QED) is 0.672. The van der Waals surface area contributed by atoms with Crippen molar-refractivity contribution in [3.05, 3.63) is 58.6 Å². The third-order valence-electron chi connectivity index (χ3n) is 4.33. The van der Waals surface area contributed by atoms with Gasteiger partial charge in [0.2, 0.25) is 0 Å². The van der Waals surface area contributed by atoms with E-state index in [1.54, 1.807) is 54.5 Å². The second-order valence-electron chi connectivity index (χ2n) is 5.88. The minimum Gasteiger partial charge on any atom is -0.497 e. The number of carbonyl (C=O) groups is 1. The predicted octanol–water partition coefficient (Wildman–Crippen LogP) is 2.96. The Labute approximate surface area is 151 Å². The number of nitro groups is 1. The minimum atomic E-state index is -0.377. The maximum absolute atomic E-state index is 12.4. The molecule has 0 saturated carbocycles. The number of ether oxygens (including phenoxy) is 1. The van der Waals surface area contributed by atoms with Crippen LogP contribution in [0.3, 0.4) is 0 Å². The van der Waals surface area contributed by atoms with Crippen LogP contribution in [0.1, 0.15) is 0 Å². The number of anilines is 2. The maximum Gasteiger partial charge on any atom is 0.321 e. The molecule has 2 aromatic rings. The van der Waals surface area contributed by atoms with Crippen molar-refractivity contribution in [1.29, 1.82) is 0 Å². The van der Waals surface area contributed by atoms with E-state index in [0.717, 1.165) is 5.75 Å². The van der Waals surface area contributed by atoms with Crippen LogP contribution in [-0.2, 0) is 0 Å². The average Bonchev–Trinajstić information content (AvgIpc) is 2.68. The second kappa shape index (κ2) is 7.73. The lowest BCUT2D eigenvalue weighted by molar-refractivity contribution is -0.384. The highest BCUT2D eigenvalue weighted by atomic mass is 16.6. The summed E-state index contributed by atoms with van der Waals surface area (Å²) in [5, 5.41) is 14.0. The average molecular weight is 356 g/mol. The Hall–Kier alpha value is -3.29. The molecular formula is C18H20N4O4. The van der Waals surface area contributed by atoms with E-state index in [2.05, 4.69) is 5.32 Å². The molecule has 136 valence electrons. The monoisotopic (exact) mass is 356 g/mol. The zero-order valence-corrected chi connectivity index (χ0v) is 14.4. The first-order chi connectivity index (χ1) is 12.6. The highest BCUT2D eigenvalue weighted by Gasteiger charge is 2.25. The van der Waals surface area contributed by atoms with Gasteiger partial charge < -0.3 is 19.9 Å². The van der Waals surface area contributed by atoms with Gasteiger partial charge in [-0.3, -0.25) is 10.1 Å². The minimum absolute atomic E-state index is 0.0867. The molecule has 8 nitrogen and oxygen atoms in total. The predicted molar refractivity (Wildman–Crippen MR) is 98.9 cm³/mol. The van der Waals surface area contributed by atoms with E-state index < -0.39 is 0 Å².